The lowest BCUT2D eigenvalue weighted by molar-refractivity contribution is -0.148. The van der Waals surface area contributed by atoms with E-state index in [0.29, 0.717) is 52.9 Å². The quantitative estimate of drug-likeness (QED) is 0.0436. The summed E-state index contributed by atoms with van der Waals surface area (Å²) in [4.78, 5) is 11.6. The molecule has 0 bridgehead atoms. The molecule has 0 aromatic heterocycles. The Morgan fingerprint density at radius 1 is 0.316 bits per heavy atom. The molecule has 0 aliphatic rings. The Morgan fingerprint density at radius 2 is 0.526 bits per heavy atom. The van der Waals surface area contributed by atoms with Crippen LogP contribution in [0.15, 0.2) is 0 Å². The monoisotopic (exact) mass is 819 g/mol. The van der Waals surface area contributed by atoms with Gasteiger partial charge >= 0.3 is 5.97 Å². The van der Waals surface area contributed by atoms with Gasteiger partial charge in [0.1, 0.15) is 0 Å². The van der Waals surface area contributed by atoms with Crippen LogP contribution in [0.2, 0.25) is 0 Å². The molecule has 57 heavy (non-hydrogen) atoms. The third-order valence-corrected chi connectivity index (χ3v) is 10.0. The highest BCUT2D eigenvalue weighted by atomic mass is 16.5. The summed E-state index contributed by atoms with van der Waals surface area (Å²) in [5.41, 5.74) is 0. The SMILES string of the molecule is CCC(C)C(=O)OCCCOCCCOCCCOCCCOCCCOCCCOCCCOCCCCCCCCCCCCCCCCCCCCOC. The van der Waals surface area contributed by atoms with E-state index >= 15 is 0 Å². The molecule has 0 amide bonds. The standard InChI is InChI=1S/C47H94O10/c1-4-46(2)47(48)57-45-29-44-56-43-28-42-55-41-27-40-54-39-26-38-53-37-25-36-52-35-24-34-51-33-23-32-50-31-22-20-18-16-14-12-10-8-6-5-7-9-11-13-15-17-19-21-30-49-3/h46H,4-45H2,1-3H3. The van der Waals surface area contributed by atoms with Crippen LogP contribution in [0.25, 0.3) is 0 Å². The molecule has 0 rings (SSSR count). The van der Waals surface area contributed by atoms with Gasteiger partial charge < -0.3 is 42.6 Å². The van der Waals surface area contributed by atoms with Gasteiger partial charge in [-0.05, 0) is 57.8 Å². The molecule has 0 aliphatic heterocycles. The summed E-state index contributed by atoms with van der Waals surface area (Å²) in [6.45, 7) is 15.4. The summed E-state index contributed by atoms with van der Waals surface area (Å²) in [5.74, 6) is -0.149. The summed E-state index contributed by atoms with van der Waals surface area (Å²) in [6, 6.07) is 0. The van der Waals surface area contributed by atoms with Crippen molar-refractivity contribution in [2.24, 2.45) is 5.92 Å². The molecule has 0 heterocycles. The molecular weight excluding hydrogens is 725 g/mol. The lowest BCUT2D eigenvalue weighted by atomic mass is 10.0. The minimum Gasteiger partial charge on any atom is -0.465 e. The summed E-state index contributed by atoms with van der Waals surface area (Å²) >= 11 is 0. The zero-order chi connectivity index (χ0) is 41.2. The number of hydrogen-bond acceptors (Lipinski definition) is 10. The first kappa shape index (κ1) is 56.1. The van der Waals surface area contributed by atoms with Crippen molar-refractivity contribution in [1.29, 1.82) is 0 Å². The Kier molecular flexibility index (Phi) is 50.5. The molecule has 10 nitrogen and oxygen atoms in total. The molecular formula is C47H94O10. The zero-order valence-corrected chi connectivity index (χ0v) is 37.9. The van der Waals surface area contributed by atoms with Gasteiger partial charge in [-0.3, -0.25) is 4.79 Å². The predicted molar refractivity (Wildman–Crippen MR) is 233 cm³/mol. The Hall–Kier alpha value is -0.850. The van der Waals surface area contributed by atoms with Gasteiger partial charge in [0.15, 0.2) is 0 Å². The number of unbranched alkanes of at least 4 members (excludes halogenated alkanes) is 17. The third-order valence-electron chi connectivity index (χ3n) is 10.0. The molecule has 0 saturated heterocycles. The molecule has 1 atom stereocenters. The topological polar surface area (TPSA) is 100 Å². The summed E-state index contributed by atoms with van der Waals surface area (Å²) in [6.07, 6.45) is 31.8. The smallest absolute Gasteiger partial charge is 0.308 e. The predicted octanol–water partition coefficient (Wildman–Crippen LogP) is 11.1. The third kappa shape index (κ3) is 49.4. The number of methoxy groups -OCH3 is 1. The van der Waals surface area contributed by atoms with Crippen LogP contribution in [0, 0.1) is 5.92 Å². The van der Waals surface area contributed by atoms with Gasteiger partial charge in [-0.25, -0.2) is 0 Å². The van der Waals surface area contributed by atoms with Crippen molar-refractivity contribution in [3.8, 4) is 0 Å². The molecule has 0 spiro atoms. The fourth-order valence-electron chi connectivity index (χ4n) is 6.21. The van der Waals surface area contributed by atoms with Crippen molar-refractivity contribution in [2.45, 2.75) is 181 Å². The fourth-order valence-corrected chi connectivity index (χ4v) is 6.21. The average molecular weight is 819 g/mol. The lowest BCUT2D eigenvalue weighted by Crippen LogP contribution is -2.15. The van der Waals surface area contributed by atoms with E-state index in [9.17, 15) is 4.79 Å². The maximum Gasteiger partial charge on any atom is 0.308 e. The van der Waals surface area contributed by atoms with E-state index in [1.165, 1.54) is 116 Å². The molecule has 0 N–H and O–H groups in total. The summed E-state index contributed by atoms with van der Waals surface area (Å²) < 4.78 is 50.1. The van der Waals surface area contributed by atoms with E-state index in [1.807, 2.05) is 13.8 Å². The molecule has 342 valence electrons. The lowest BCUT2D eigenvalue weighted by Gasteiger charge is -2.09. The highest BCUT2D eigenvalue weighted by Crippen LogP contribution is 2.14. The Bertz CT molecular complexity index is 743. The highest BCUT2D eigenvalue weighted by Gasteiger charge is 2.11. The average Bonchev–Trinajstić information content (AvgIpc) is 3.22. The first-order chi connectivity index (χ1) is 28.2. The second-order valence-electron chi connectivity index (χ2n) is 15.6. The second-order valence-corrected chi connectivity index (χ2v) is 15.6. The van der Waals surface area contributed by atoms with E-state index < -0.39 is 0 Å². The summed E-state index contributed by atoms with van der Waals surface area (Å²) in [7, 11) is 1.80. The molecule has 0 fully saturated rings. The number of ether oxygens (including phenoxy) is 9. The van der Waals surface area contributed by atoms with Crippen LogP contribution in [0.5, 0.6) is 0 Å². The van der Waals surface area contributed by atoms with Gasteiger partial charge in [-0.1, -0.05) is 117 Å². The Morgan fingerprint density at radius 3 is 0.772 bits per heavy atom. The Balaban J connectivity index is 3.08. The van der Waals surface area contributed by atoms with Crippen LogP contribution in [-0.4, -0.2) is 119 Å². The number of hydrogen-bond donors (Lipinski definition) is 0. The van der Waals surface area contributed by atoms with E-state index in [1.54, 1.807) is 7.11 Å². The molecule has 10 heteroatoms. The maximum absolute atomic E-state index is 11.6. The van der Waals surface area contributed by atoms with Crippen LogP contribution in [0.1, 0.15) is 181 Å². The maximum atomic E-state index is 11.6. The first-order valence-electron chi connectivity index (χ1n) is 23.9. The van der Waals surface area contributed by atoms with Gasteiger partial charge in [0.25, 0.3) is 0 Å². The molecule has 0 aliphatic carbocycles. The van der Waals surface area contributed by atoms with Crippen molar-refractivity contribution in [1.82, 2.24) is 0 Å². The van der Waals surface area contributed by atoms with Crippen LogP contribution < -0.4 is 0 Å². The van der Waals surface area contributed by atoms with Crippen molar-refractivity contribution >= 4 is 5.97 Å². The van der Waals surface area contributed by atoms with Crippen molar-refractivity contribution in [3.63, 3.8) is 0 Å². The number of carbonyl (C=O) groups is 1. The van der Waals surface area contributed by atoms with Crippen molar-refractivity contribution in [3.05, 3.63) is 0 Å². The van der Waals surface area contributed by atoms with Gasteiger partial charge in [-0.2, -0.15) is 0 Å². The van der Waals surface area contributed by atoms with Crippen LogP contribution in [0.3, 0.4) is 0 Å². The second kappa shape index (κ2) is 51.3. The van der Waals surface area contributed by atoms with E-state index in [0.717, 1.165) is 104 Å². The van der Waals surface area contributed by atoms with Crippen LogP contribution >= 0.6 is 0 Å². The Labute approximate surface area is 352 Å². The van der Waals surface area contributed by atoms with E-state index in [4.69, 9.17) is 42.6 Å². The van der Waals surface area contributed by atoms with Gasteiger partial charge in [-0.15, -0.1) is 0 Å². The largest absolute Gasteiger partial charge is 0.465 e. The van der Waals surface area contributed by atoms with Crippen LogP contribution in [0.4, 0.5) is 0 Å². The van der Waals surface area contributed by atoms with Gasteiger partial charge in [0.05, 0.1) is 12.5 Å². The highest BCUT2D eigenvalue weighted by molar-refractivity contribution is 5.71. The molecule has 0 aromatic rings. The van der Waals surface area contributed by atoms with Crippen molar-refractivity contribution < 1.29 is 47.4 Å². The van der Waals surface area contributed by atoms with Crippen molar-refractivity contribution in [2.75, 3.05) is 113 Å². The number of rotatable bonds is 51. The minimum atomic E-state index is -0.121. The van der Waals surface area contributed by atoms with Crippen LogP contribution in [-0.2, 0) is 47.4 Å². The van der Waals surface area contributed by atoms with Gasteiger partial charge in [0.2, 0.25) is 0 Å². The molecule has 1 unspecified atom stereocenters. The number of carbonyl (C=O) groups excluding carboxylic acids is 1. The molecule has 0 aromatic carbocycles. The summed E-state index contributed by atoms with van der Waals surface area (Å²) in [5, 5.41) is 0. The normalized spacial score (nSPS) is 12.1. The van der Waals surface area contributed by atoms with E-state index in [2.05, 4.69) is 0 Å². The van der Waals surface area contributed by atoms with Gasteiger partial charge in [0, 0.05) is 113 Å². The fraction of sp³-hybridized carbons (Fsp3) is 0.979. The molecule has 0 saturated carbocycles. The number of esters is 1. The first-order valence-corrected chi connectivity index (χ1v) is 23.9. The molecule has 0 radical (unpaired) electrons. The zero-order valence-electron chi connectivity index (χ0n) is 37.9. The van der Waals surface area contributed by atoms with E-state index in [-0.39, 0.29) is 11.9 Å². The minimum absolute atomic E-state index is 0.0283.